The minimum Gasteiger partial charge on any atom is -0.508 e. The number of aromatic hydroxyl groups is 1. The maximum atomic E-state index is 10.4. The highest BCUT2D eigenvalue weighted by Crippen LogP contribution is 2.12. The number of phenolic OH excluding ortho intramolecular Hbond substituents is 1. The van der Waals surface area contributed by atoms with Crippen LogP contribution in [-0.4, -0.2) is 20.0 Å². The molecule has 7 nitrogen and oxygen atoms in total. The molecule has 1 heterocycles. The number of anilines is 1. The first-order valence-corrected chi connectivity index (χ1v) is 5.13. The molecule has 0 atom stereocenters. The van der Waals surface area contributed by atoms with E-state index in [-0.39, 0.29) is 11.4 Å². The topological polar surface area (TPSA) is 101 Å². The lowest BCUT2D eigenvalue weighted by atomic mass is 10.2. The summed E-state index contributed by atoms with van der Waals surface area (Å²) < 4.78 is 0. The summed E-state index contributed by atoms with van der Waals surface area (Å²) >= 11 is 0. The molecule has 0 aliphatic carbocycles. The Labute approximate surface area is 102 Å². The second kappa shape index (κ2) is 5.09. The molecule has 0 radical (unpaired) electrons. The van der Waals surface area contributed by atoms with E-state index >= 15 is 0 Å². The van der Waals surface area contributed by atoms with Crippen LogP contribution in [0.3, 0.4) is 0 Å². The van der Waals surface area contributed by atoms with Crippen molar-refractivity contribution >= 4 is 11.6 Å². The average Bonchev–Trinajstić information content (AvgIpc) is 2.38. The maximum Gasteiger partial charge on any atom is 0.305 e. The van der Waals surface area contributed by atoms with Crippen molar-refractivity contribution < 1.29 is 10.0 Å². The molecule has 0 fully saturated rings. The molecule has 2 N–H and O–H groups in total. The van der Waals surface area contributed by atoms with Gasteiger partial charge in [-0.1, -0.05) is 12.1 Å². The van der Waals surface area contributed by atoms with E-state index in [1.54, 1.807) is 24.3 Å². The zero-order valence-corrected chi connectivity index (χ0v) is 9.28. The SMILES string of the molecule is O=[N+]([O-])c1cnc(NCc2ccc(O)cc2)nc1. The van der Waals surface area contributed by atoms with E-state index in [1.807, 2.05) is 0 Å². The molecule has 1 aromatic carbocycles. The van der Waals surface area contributed by atoms with Gasteiger partial charge in [0.25, 0.3) is 0 Å². The predicted molar refractivity (Wildman–Crippen MR) is 64.1 cm³/mol. The van der Waals surface area contributed by atoms with Crippen molar-refractivity contribution in [2.45, 2.75) is 6.54 Å². The van der Waals surface area contributed by atoms with Crippen LogP contribution in [0.5, 0.6) is 5.75 Å². The van der Waals surface area contributed by atoms with Gasteiger partial charge in [0, 0.05) is 6.54 Å². The number of nitro groups is 1. The van der Waals surface area contributed by atoms with Crippen LogP contribution in [0.4, 0.5) is 11.6 Å². The first-order chi connectivity index (χ1) is 8.65. The first kappa shape index (κ1) is 11.8. The van der Waals surface area contributed by atoms with Gasteiger partial charge in [-0.25, -0.2) is 9.97 Å². The second-order valence-corrected chi connectivity index (χ2v) is 3.54. The minimum absolute atomic E-state index is 0.148. The Kier molecular flexibility index (Phi) is 3.33. The van der Waals surface area contributed by atoms with Crippen LogP contribution in [0.15, 0.2) is 36.7 Å². The van der Waals surface area contributed by atoms with E-state index in [4.69, 9.17) is 5.11 Å². The highest BCUT2D eigenvalue weighted by Gasteiger charge is 2.06. The number of hydrogen-bond acceptors (Lipinski definition) is 6. The maximum absolute atomic E-state index is 10.4. The smallest absolute Gasteiger partial charge is 0.305 e. The van der Waals surface area contributed by atoms with E-state index in [0.29, 0.717) is 12.5 Å². The molecular formula is C11H10N4O3. The third-order valence-electron chi connectivity index (χ3n) is 2.24. The minimum atomic E-state index is -0.552. The molecule has 2 rings (SSSR count). The standard InChI is InChI=1S/C11H10N4O3/c16-10-3-1-8(2-4-10)5-12-11-13-6-9(7-14-11)15(17)18/h1-4,6-7,16H,5H2,(H,12,13,14). The Balaban J connectivity index is 1.97. The number of aromatic nitrogens is 2. The average molecular weight is 246 g/mol. The van der Waals surface area contributed by atoms with Gasteiger partial charge >= 0.3 is 5.69 Å². The zero-order chi connectivity index (χ0) is 13.0. The molecule has 0 aliphatic rings. The van der Waals surface area contributed by atoms with E-state index in [2.05, 4.69) is 15.3 Å². The van der Waals surface area contributed by atoms with E-state index in [9.17, 15) is 10.1 Å². The molecule has 0 bridgehead atoms. The molecule has 0 amide bonds. The summed E-state index contributed by atoms with van der Waals surface area (Å²) in [6.45, 7) is 0.470. The Morgan fingerprint density at radius 2 is 1.83 bits per heavy atom. The molecule has 92 valence electrons. The number of benzene rings is 1. The molecule has 0 unspecified atom stereocenters. The van der Waals surface area contributed by atoms with Crippen LogP contribution in [0.2, 0.25) is 0 Å². The highest BCUT2D eigenvalue weighted by molar-refractivity contribution is 5.33. The molecule has 2 aromatic rings. The first-order valence-electron chi connectivity index (χ1n) is 5.13. The number of hydrogen-bond donors (Lipinski definition) is 2. The Bertz CT molecular complexity index is 539. The van der Waals surface area contributed by atoms with Gasteiger partial charge in [-0.3, -0.25) is 10.1 Å². The summed E-state index contributed by atoms with van der Waals surface area (Å²) in [6, 6.07) is 6.67. The summed E-state index contributed by atoms with van der Waals surface area (Å²) in [5.74, 6) is 0.513. The summed E-state index contributed by atoms with van der Waals surface area (Å²) in [6.07, 6.45) is 2.29. The van der Waals surface area contributed by atoms with Crippen molar-refractivity contribution in [1.29, 1.82) is 0 Å². The van der Waals surface area contributed by atoms with Crippen LogP contribution in [0.25, 0.3) is 0 Å². The third-order valence-corrected chi connectivity index (χ3v) is 2.24. The second-order valence-electron chi connectivity index (χ2n) is 3.54. The number of nitrogens with zero attached hydrogens (tertiary/aromatic N) is 3. The van der Waals surface area contributed by atoms with Crippen LogP contribution in [0.1, 0.15) is 5.56 Å². The van der Waals surface area contributed by atoms with Crippen molar-refractivity contribution in [2.75, 3.05) is 5.32 Å². The molecule has 1 aromatic heterocycles. The number of nitrogens with one attached hydrogen (secondary N) is 1. The van der Waals surface area contributed by atoms with Crippen LogP contribution < -0.4 is 5.32 Å². The summed E-state index contributed by atoms with van der Waals surface area (Å²) in [5.41, 5.74) is 0.792. The lowest BCUT2D eigenvalue weighted by molar-refractivity contribution is -0.385. The number of rotatable bonds is 4. The molecule has 0 spiro atoms. The van der Waals surface area contributed by atoms with E-state index in [0.717, 1.165) is 18.0 Å². The third kappa shape index (κ3) is 2.91. The van der Waals surface area contributed by atoms with Crippen molar-refractivity contribution in [3.63, 3.8) is 0 Å². The molecule has 0 aliphatic heterocycles. The fourth-order valence-corrected chi connectivity index (χ4v) is 1.30. The molecular weight excluding hydrogens is 236 g/mol. The van der Waals surface area contributed by atoms with Crippen molar-refractivity contribution in [1.82, 2.24) is 9.97 Å². The Morgan fingerprint density at radius 1 is 1.22 bits per heavy atom. The fraction of sp³-hybridized carbons (Fsp3) is 0.0909. The van der Waals surface area contributed by atoms with Crippen LogP contribution in [0, 0.1) is 10.1 Å². The van der Waals surface area contributed by atoms with E-state index in [1.165, 1.54) is 0 Å². The van der Waals surface area contributed by atoms with Crippen LogP contribution in [-0.2, 0) is 6.54 Å². The molecule has 0 saturated heterocycles. The molecule has 18 heavy (non-hydrogen) atoms. The normalized spacial score (nSPS) is 10.0. The van der Waals surface area contributed by atoms with Crippen molar-refractivity contribution in [3.8, 4) is 5.75 Å². The Morgan fingerprint density at radius 3 is 2.39 bits per heavy atom. The van der Waals surface area contributed by atoms with Crippen molar-refractivity contribution in [2.24, 2.45) is 0 Å². The molecule has 7 heteroatoms. The van der Waals surface area contributed by atoms with Crippen molar-refractivity contribution in [3.05, 3.63) is 52.3 Å². The molecule has 0 saturated carbocycles. The van der Waals surface area contributed by atoms with Gasteiger partial charge in [-0.2, -0.15) is 0 Å². The fourth-order valence-electron chi connectivity index (χ4n) is 1.30. The highest BCUT2D eigenvalue weighted by atomic mass is 16.6. The van der Waals surface area contributed by atoms with Gasteiger partial charge < -0.3 is 10.4 Å². The summed E-state index contributed by atoms with van der Waals surface area (Å²) in [7, 11) is 0. The lowest BCUT2D eigenvalue weighted by Crippen LogP contribution is -2.03. The number of phenols is 1. The van der Waals surface area contributed by atoms with Crippen LogP contribution >= 0.6 is 0 Å². The largest absolute Gasteiger partial charge is 0.508 e. The van der Waals surface area contributed by atoms with Gasteiger partial charge in [-0.15, -0.1) is 0 Å². The van der Waals surface area contributed by atoms with E-state index < -0.39 is 4.92 Å². The van der Waals surface area contributed by atoms with Gasteiger partial charge in [0.1, 0.15) is 18.1 Å². The quantitative estimate of drug-likeness (QED) is 0.629. The summed E-state index contributed by atoms with van der Waals surface area (Å²) in [4.78, 5) is 17.5. The van der Waals surface area contributed by atoms with Gasteiger partial charge in [0.2, 0.25) is 5.95 Å². The van der Waals surface area contributed by atoms with Gasteiger partial charge in [-0.05, 0) is 17.7 Å². The summed E-state index contributed by atoms with van der Waals surface area (Å²) in [5, 5.41) is 22.4. The monoisotopic (exact) mass is 246 g/mol. The van der Waals surface area contributed by atoms with Gasteiger partial charge in [0.05, 0.1) is 4.92 Å². The Hall–Kier alpha value is -2.70. The lowest BCUT2D eigenvalue weighted by Gasteiger charge is -2.04. The zero-order valence-electron chi connectivity index (χ0n) is 9.28. The predicted octanol–water partition coefficient (Wildman–Crippen LogP) is 1.70. The van der Waals surface area contributed by atoms with Gasteiger partial charge in [0.15, 0.2) is 0 Å².